The largest absolute Gasteiger partial charge is 0.484 e. The van der Waals surface area contributed by atoms with Crippen molar-refractivity contribution in [2.45, 2.75) is 25.3 Å². The minimum atomic E-state index is -4.34. The average Bonchev–Trinajstić information content (AvgIpc) is 2.26. The highest BCUT2D eigenvalue weighted by atomic mass is 19.3. The van der Waals surface area contributed by atoms with Crippen molar-refractivity contribution in [3.63, 3.8) is 0 Å². The van der Waals surface area contributed by atoms with E-state index in [1.807, 2.05) is 0 Å². The number of hydrogen-bond acceptors (Lipinski definition) is 2. The average molecular weight is 269 g/mol. The molecule has 1 aromatic carbocycles. The predicted octanol–water partition coefficient (Wildman–Crippen LogP) is 3.12. The Hall–Kier alpha value is -1.37. The highest BCUT2D eigenvalue weighted by molar-refractivity contribution is 5.37. The number of alkyl halides is 4. The van der Waals surface area contributed by atoms with Crippen LogP contribution in [0.1, 0.15) is 18.5 Å². The molecule has 0 bridgehead atoms. The number of ether oxygens (including phenoxy) is 1. The quantitative estimate of drug-likeness (QED) is 0.833. The fourth-order valence-electron chi connectivity index (χ4n) is 1.27. The van der Waals surface area contributed by atoms with Crippen LogP contribution in [-0.2, 0) is 0 Å². The van der Waals surface area contributed by atoms with E-state index in [-0.39, 0.29) is 5.56 Å². The number of nitrogens with two attached hydrogens (primary N) is 1. The van der Waals surface area contributed by atoms with E-state index in [0.717, 1.165) is 6.07 Å². The van der Waals surface area contributed by atoms with E-state index < -0.39 is 36.6 Å². The molecule has 0 spiro atoms. The maximum atomic E-state index is 13.4. The van der Waals surface area contributed by atoms with Gasteiger partial charge in [0.25, 0.3) is 0 Å². The molecule has 0 radical (unpaired) electrons. The summed E-state index contributed by atoms with van der Waals surface area (Å²) < 4.78 is 67.0. The summed E-state index contributed by atoms with van der Waals surface area (Å²) in [6.45, 7) is -0.113. The molecule has 18 heavy (non-hydrogen) atoms. The molecule has 1 aromatic rings. The molecule has 0 aliphatic rings. The molecule has 0 unspecified atom stereocenters. The van der Waals surface area contributed by atoms with E-state index >= 15 is 0 Å². The van der Waals surface area contributed by atoms with Crippen molar-refractivity contribution in [2.75, 3.05) is 6.61 Å². The van der Waals surface area contributed by atoms with Gasteiger partial charge in [-0.1, -0.05) is 12.1 Å². The molecule has 1 rings (SSSR count). The van der Waals surface area contributed by atoms with E-state index in [4.69, 9.17) is 5.73 Å². The monoisotopic (exact) mass is 269 g/mol. The lowest BCUT2D eigenvalue weighted by atomic mass is 10.1. The van der Waals surface area contributed by atoms with Crippen molar-refractivity contribution in [3.05, 3.63) is 29.6 Å². The van der Waals surface area contributed by atoms with Crippen LogP contribution >= 0.6 is 0 Å². The van der Waals surface area contributed by atoms with Crippen LogP contribution in [0.2, 0.25) is 0 Å². The second-order valence-electron chi connectivity index (χ2n) is 3.80. The third-order valence-corrected chi connectivity index (χ3v) is 2.22. The van der Waals surface area contributed by atoms with Crippen molar-refractivity contribution in [2.24, 2.45) is 5.73 Å². The summed E-state index contributed by atoms with van der Waals surface area (Å²) in [4.78, 5) is 0. The first-order chi connectivity index (χ1) is 8.25. The molecule has 1 atom stereocenters. The summed E-state index contributed by atoms with van der Waals surface area (Å²) in [5.74, 6) is -5.78. The second-order valence-corrected chi connectivity index (χ2v) is 3.80. The smallest absolute Gasteiger partial charge is 0.340 e. The lowest BCUT2D eigenvalue weighted by Crippen LogP contribution is -2.34. The molecule has 0 amide bonds. The lowest BCUT2D eigenvalue weighted by molar-refractivity contribution is -0.148. The Bertz CT molecular complexity index is 408. The fraction of sp³-hybridized carbons (Fsp3) is 0.455. The maximum absolute atomic E-state index is 13.4. The van der Waals surface area contributed by atoms with Gasteiger partial charge in [-0.25, -0.2) is 13.2 Å². The van der Waals surface area contributed by atoms with Gasteiger partial charge in [0.05, 0.1) is 0 Å². The van der Waals surface area contributed by atoms with Gasteiger partial charge in [0.2, 0.25) is 0 Å². The topological polar surface area (TPSA) is 35.2 Å². The normalized spacial score (nSPS) is 13.8. The zero-order valence-electron chi connectivity index (χ0n) is 9.47. The molecule has 0 saturated heterocycles. The third-order valence-electron chi connectivity index (χ3n) is 2.22. The van der Waals surface area contributed by atoms with Crippen molar-refractivity contribution < 1.29 is 26.7 Å². The van der Waals surface area contributed by atoms with Crippen LogP contribution < -0.4 is 10.5 Å². The summed E-state index contributed by atoms with van der Waals surface area (Å²) in [5, 5.41) is 0. The minimum Gasteiger partial charge on any atom is -0.484 e. The first-order valence-corrected chi connectivity index (χ1v) is 5.08. The van der Waals surface area contributed by atoms with Gasteiger partial charge in [0, 0.05) is 11.6 Å². The van der Waals surface area contributed by atoms with Gasteiger partial charge < -0.3 is 10.5 Å². The number of para-hydroxylation sites is 1. The Morgan fingerprint density at radius 1 is 1.33 bits per heavy atom. The van der Waals surface area contributed by atoms with Crippen LogP contribution in [0.15, 0.2) is 18.2 Å². The van der Waals surface area contributed by atoms with Gasteiger partial charge in [-0.15, -0.1) is 0 Å². The predicted molar refractivity (Wildman–Crippen MR) is 55.4 cm³/mol. The molecular formula is C11H12F5NO. The van der Waals surface area contributed by atoms with Gasteiger partial charge in [0.15, 0.2) is 18.2 Å². The molecule has 2 N–H and O–H groups in total. The van der Waals surface area contributed by atoms with Crippen molar-refractivity contribution in [1.29, 1.82) is 0 Å². The van der Waals surface area contributed by atoms with E-state index in [0.29, 0.717) is 0 Å². The molecule has 2 nitrogen and oxygen atoms in total. The lowest BCUT2D eigenvalue weighted by Gasteiger charge is -2.19. The third kappa shape index (κ3) is 3.32. The molecule has 0 saturated carbocycles. The highest BCUT2D eigenvalue weighted by Gasteiger charge is 2.42. The van der Waals surface area contributed by atoms with Gasteiger partial charge in [-0.2, -0.15) is 8.78 Å². The van der Waals surface area contributed by atoms with E-state index in [2.05, 4.69) is 4.74 Å². The van der Waals surface area contributed by atoms with E-state index in [1.165, 1.54) is 19.1 Å². The van der Waals surface area contributed by atoms with Crippen LogP contribution in [-0.4, -0.2) is 19.0 Å². The van der Waals surface area contributed by atoms with Crippen LogP contribution in [0, 0.1) is 5.82 Å². The zero-order chi connectivity index (χ0) is 13.9. The van der Waals surface area contributed by atoms with E-state index in [1.54, 1.807) is 0 Å². The molecule has 0 heterocycles. The maximum Gasteiger partial charge on any atom is 0.340 e. The Kier molecular flexibility index (Phi) is 4.50. The summed E-state index contributed by atoms with van der Waals surface area (Å²) >= 11 is 0. The number of rotatable bonds is 5. The molecule has 0 aliphatic heterocycles. The van der Waals surface area contributed by atoms with Gasteiger partial charge in [-0.05, 0) is 13.0 Å². The summed E-state index contributed by atoms with van der Waals surface area (Å²) in [5.41, 5.74) is 5.64. The van der Waals surface area contributed by atoms with Crippen molar-refractivity contribution >= 4 is 0 Å². The molecule has 102 valence electrons. The number of hydrogen-bond donors (Lipinski definition) is 1. The van der Waals surface area contributed by atoms with Crippen LogP contribution in [0.25, 0.3) is 0 Å². The first-order valence-electron chi connectivity index (χ1n) is 5.08. The Balaban J connectivity index is 2.91. The zero-order valence-corrected chi connectivity index (χ0v) is 9.47. The van der Waals surface area contributed by atoms with Gasteiger partial charge in [-0.3, -0.25) is 0 Å². The Morgan fingerprint density at radius 3 is 2.44 bits per heavy atom. The van der Waals surface area contributed by atoms with Crippen molar-refractivity contribution in [3.8, 4) is 5.75 Å². The number of benzene rings is 1. The fourth-order valence-corrected chi connectivity index (χ4v) is 1.27. The second kappa shape index (κ2) is 5.51. The van der Waals surface area contributed by atoms with Gasteiger partial charge >= 0.3 is 12.3 Å². The van der Waals surface area contributed by atoms with Crippen molar-refractivity contribution in [1.82, 2.24) is 0 Å². The highest BCUT2D eigenvalue weighted by Crippen LogP contribution is 2.30. The summed E-state index contributed by atoms with van der Waals surface area (Å²) in [6.07, 6.45) is -3.87. The van der Waals surface area contributed by atoms with Crippen LogP contribution in [0.3, 0.4) is 0 Å². The Labute approximate surface area is 101 Å². The standard InChI is InChI=1S/C11H12F5NO/c1-6(17)7-3-2-4-8(12)9(7)18-5-11(15,16)10(13)14/h2-4,6,10H,5,17H2,1H3/t6-/m1/s1. The molecule has 0 aromatic heterocycles. The van der Waals surface area contributed by atoms with Crippen LogP contribution in [0.4, 0.5) is 22.0 Å². The summed E-state index contributed by atoms with van der Waals surface area (Å²) in [6, 6.07) is 3.01. The molecular weight excluding hydrogens is 257 g/mol. The summed E-state index contributed by atoms with van der Waals surface area (Å²) in [7, 11) is 0. The molecule has 0 aliphatic carbocycles. The number of halogens is 5. The van der Waals surface area contributed by atoms with E-state index in [9.17, 15) is 22.0 Å². The van der Waals surface area contributed by atoms with Crippen LogP contribution in [0.5, 0.6) is 5.75 Å². The first kappa shape index (κ1) is 14.7. The van der Waals surface area contributed by atoms with Gasteiger partial charge in [0.1, 0.15) is 0 Å². The SMILES string of the molecule is C[C@@H](N)c1cccc(F)c1OCC(F)(F)C(F)F. The molecule has 0 fully saturated rings. The minimum absolute atomic E-state index is 0.139. The molecule has 7 heteroatoms. The Morgan fingerprint density at radius 2 is 1.94 bits per heavy atom.